The van der Waals surface area contributed by atoms with Crippen LogP contribution in [-0.2, 0) is 11.3 Å². The summed E-state index contributed by atoms with van der Waals surface area (Å²) in [5.41, 5.74) is 3.60. The fraction of sp³-hybridized carbons (Fsp3) is 0.350. The molecule has 1 fully saturated rings. The summed E-state index contributed by atoms with van der Waals surface area (Å²) in [5, 5.41) is 12.5. The molecule has 0 bridgehead atoms. The molecule has 0 spiro atoms. The van der Waals surface area contributed by atoms with Crippen LogP contribution in [0.2, 0.25) is 0 Å². The number of aryl methyl sites for hydroxylation is 1. The Morgan fingerprint density at radius 2 is 2.08 bits per heavy atom. The summed E-state index contributed by atoms with van der Waals surface area (Å²) < 4.78 is 17.5. The highest BCUT2D eigenvalue weighted by molar-refractivity contribution is 5.75. The standard InChI is InChI=1S/C20H22N2O4/c1-13-2-7-18-16(10-13)21-20(26-18)22-17-12-24-9-8-19(17)25-15-5-3-14(11-23)4-6-15/h2-7,10,17,19,23H,8-9,11-12H2,1H3,(H,21,22)/t17-,19-/m1/s1. The van der Waals surface area contributed by atoms with Crippen molar-refractivity contribution in [2.75, 3.05) is 18.5 Å². The fourth-order valence-corrected chi connectivity index (χ4v) is 3.10. The molecule has 2 atom stereocenters. The monoisotopic (exact) mass is 354 g/mol. The van der Waals surface area contributed by atoms with Crippen LogP contribution < -0.4 is 10.1 Å². The van der Waals surface area contributed by atoms with Gasteiger partial charge in [0, 0.05) is 6.42 Å². The Labute approximate surface area is 151 Å². The van der Waals surface area contributed by atoms with E-state index in [-0.39, 0.29) is 18.8 Å². The lowest BCUT2D eigenvalue weighted by molar-refractivity contribution is 0.0141. The Morgan fingerprint density at radius 1 is 1.23 bits per heavy atom. The van der Waals surface area contributed by atoms with Gasteiger partial charge in [-0.1, -0.05) is 18.2 Å². The normalized spacial score (nSPS) is 20.2. The molecule has 26 heavy (non-hydrogen) atoms. The number of rotatable bonds is 5. The molecule has 0 amide bonds. The molecule has 2 N–H and O–H groups in total. The molecule has 0 saturated carbocycles. The first-order valence-electron chi connectivity index (χ1n) is 8.79. The van der Waals surface area contributed by atoms with Crippen LogP contribution in [0.4, 0.5) is 6.01 Å². The third-order valence-corrected chi connectivity index (χ3v) is 4.54. The second kappa shape index (κ2) is 7.35. The number of oxazole rings is 1. The summed E-state index contributed by atoms with van der Waals surface area (Å²) >= 11 is 0. The lowest BCUT2D eigenvalue weighted by atomic mass is 10.1. The number of nitrogens with zero attached hydrogens (tertiary/aromatic N) is 1. The number of hydrogen-bond acceptors (Lipinski definition) is 6. The van der Waals surface area contributed by atoms with Gasteiger partial charge >= 0.3 is 0 Å². The maximum Gasteiger partial charge on any atom is 0.296 e. The third-order valence-electron chi connectivity index (χ3n) is 4.54. The van der Waals surface area contributed by atoms with Crippen LogP contribution in [0, 0.1) is 6.92 Å². The summed E-state index contributed by atoms with van der Waals surface area (Å²) in [6, 6.07) is 13.8. The number of anilines is 1. The average Bonchev–Trinajstić information content (AvgIpc) is 3.05. The van der Waals surface area contributed by atoms with E-state index in [4.69, 9.17) is 19.0 Å². The first kappa shape index (κ1) is 16.9. The molecular formula is C20H22N2O4. The first-order chi connectivity index (χ1) is 12.7. The zero-order chi connectivity index (χ0) is 17.9. The molecule has 0 radical (unpaired) electrons. The van der Waals surface area contributed by atoms with Crippen molar-refractivity contribution in [1.29, 1.82) is 0 Å². The largest absolute Gasteiger partial charge is 0.488 e. The number of hydrogen-bond donors (Lipinski definition) is 2. The van der Waals surface area contributed by atoms with Crippen molar-refractivity contribution in [2.45, 2.75) is 32.1 Å². The number of aliphatic hydroxyl groups excluding tert-OH is 1. The number of nitrogens with one attached hydrogen (secondary N) is 1. The molecular weight excluding hydrogens is 332 g/mol. The summed E-state index contributed by atoms with van der Waals surface area (Å²) in [6.45, 7) is 3.24. The smallest absolute Gasteiger partial charge is 0.296 e. The fourth-order valence-electron chi connectivity index (χ4n) is 3.10. The maximum atomic E-state index is 9.15. The molecule has 6 nitrogen and oxygen atoms in total. The Morgan fingerprint density at radius 3 is 2.88 bits per heavy atom. The molecule has 0 aliphatic carbocycles. The van der Waals surface area contributed by atoms with Crippen LogP contribution in [0.25, 0.3) is 11.1 Å². The van der Waals surface area contributed by atoms with Crippen LogP contribution >= 0.6 is 0 Å². The average molecular weight is 354 g/mol. The summed E-state index contributed by atoms with van der Waals surface area (Å²) in [4.78, 5) is 4.52. The molecule has 136 valence electrons. The van der Waals surface area contributed by atoms with Gasteiger partial charge in [0.15, 0.2) is 5.58 Å². The van der Waals surface area contributed by atoms with Crippen molar-refractivity contribution in [3.63, 3.8) is 0 Å². The van der Waals surface area contributed by atoms with Gasteiger partial charge in [0.1, 0.15) is 17.4 Å². The van der Waals surface area contributed by atoms with E-state index < -0.39 is 0 Å². The van der Waals surface area contributed by atoms with Gasteiger partial charge in [-0.3, -0.25) is 0 Å². The highest BCUT2D eigenvalue weighted by Gasteiger charge is 2.29. The van der Waals surface area contributed by atoms with Crippen molar-refractivity contribution >= 4 is 17.1 Å². The van der Waals surface area contributed by atoms with E-state index in [0.29, 0.717) is 19.2 Å². The molecule has 4 rings (SSSR count). The van der Waals surface area contributed by atoms with E-state index in [0.717, 1.165) is 34.4 Å². The second-order valence-electron chi connectivity index (χ2n) is 6.56. The molecule has 3 aromatic rings. The minimum absolute atomic E-state index is 0.0267. The van der Waals surface area contributed by atoms with Crippen molar-refractivity contribution in [1.82, 2.24) is 4.98 Å². The van der Waals surface area contributed by atoms with E-state index in [9.17, 15) is 0 Å². The third kappa shape index (κ3) is 3.66. The number of ether oxygens (including phenoxy) is 2. The quantitative estimate of drug-likeness (QED) is 0.732. The number of aliphatic hydroxyl groups is 1. The maximum absolute atomic E-state index is 9.15. The van der Waals surface area contributed by atoms with E-state index >= 15 is 0 Å². The SMILES string of the molecule is Cc1ccc2oc(N[C@@H]3COCC[C@H]3Oc3ccc(CO)cc3)nc2c1. The van der Waals surface area contributed by atoms with Gasteiger partial charge in [0.25, 0.3) is 6.01 Å². The van der Waals surface area contributed by atoms with E-state index in [1.54, 1.807) is 0 Å². The molecule has 2 aromatic carbocycles. The van der Waals surface area contributed by atoms with Crippen molar-refractivity contribution in [3.8, 4) is 5.75 Å². The lowest BCUT2D eigenvalue weighted by Gasteiger charge is -2.32. The minimum atomic E-state index is -0.0598. The van der Waals surface area contributed by atoms with Crippen LogP contribution in [0.15, 0.2) is 46.9 Å². The van der Waals surface area contributed by atoms with Gasteiger partial charge in [-0.2, -0.15) is 4.98 Å². The summed E-state index contributed by atoms with van der Waals surface area (Å²) in [7, 11) is 0. The molecule has 1 aliphatic rings. The van der Waals surface area contributed by atoms with E-state index in [1.807, 2.05) is 49.4 Å². The minimum Gasteiger partial charge on any atom is -0.488 e. The number of benzene rings is 2. The lowest BCUT2D eigenvalue weighted by Crippen LogP contribution is -2.45. The van der Waals surface area contributed by atoms with E-state index in [2.05, 4.69) is 10.3 Å². The number of aromatic nitrogens is 1. The topological polar surface area (TPSA) is 76.8 Å². The van der Waals surface area contributed by atoms with Gasteiger partial charge in [-0.15, -0.1) is 0 Å². The van der Waals surface area contributed by atoms with Gasteiger partial charge in [0.05, 0.1) is 25.9 Å². The Hall–Kier alpha value is -2.57. The first-order valence-corrected chi connectivity index (χ1v) is 8.79. The highest BCUT2D eigenvalue weighted by Crippen LogP contribution is 2.24. The van der Waals surface area contributed by atoms with Crippen LogP contribution in [0.3, 0.4) is 0 Å². The van der Waals surface area contributed by atoms with Gasteiger partial charge in [-0.05, 0) is 42.3 Å². The van der Waals surface area contributed by atoms with Crippen LogP contribution in [-0.4, -0.2) is 35.5 Å². The Balaban J connectivity index is 1.48. The predicted molar refractivity (Wildman–Crippen MR) is 98.4 cm³/mol. The molecule has 1 aliphatic heterocycles. The van der Waals surface area contributed by atoms with Crippen molar-refractivity contribution in [3.05, 3.63) is 53.6 Å². The predicted octanol–water partition coefficient (Wildman–Crippen LogP) is 3.28. The zero-order valence-corrected chi connectivity index (χ0v) is 14.6. The Kier molecular flexibility index (Phi) is 4.77. The van der Waals surface area contributed by atoms with Gasteiger partial charge in [0.2, 0.25) is 0 Å². The van der Waals surface area contributed by atoms with Crippen molar-refractivity contribution < 1.29 is 19.0 Å². The zero-order valence-electron chi connectivity index (χ0n) is 14.6. The molecule has 0 unspecified atom stereocenters. The second-order valence-corrected chi connectivity index (χ2v) is 6.56. The highest BCUT2D eigenvalue weighted by atomic mass is 16.5. The molecule has 1 aromatic heterocycles. The molecule has 6 heteroatoms. The van der Waals surface area contributed by atoms with Crippen LogP contribution in [0.1, 0.15) is 17.5 Å². The molecule has 2 heterocycles. The van der Waals surface area contributed by atoms with E-state index in [1.165, 1.54) is 0 Å². The van der Waals surface area contributed by atoms with Crippen LogP contribution in [0.5, 0.6) is 5.75 Å². The summed E-state index contributed by atoms with van der Waals surface area (Å²) in [6.07, 6.45) is 0.721. The van der Waals surface area contributed by atoms with Crippen molar-refractivity contribution in [2.24, 2.45) is 0 Å². The summed E-state index contributed by atoms with van der Waals surface area (Å²) in [5.74, 6) is 0.772. The molecule has 1 saturated heterocycles. The van der Waals surface area contributed by atoms with Gasteiger partial charge in [-0.25, -0.2) is 0 Å². The number of fused-ring (bicyclic) bond motifs is 1. The Bertz CT molecular complexity index is 875. The van der Waals surface area contributed by atoms with Gasteiger partial charge < -0.3 is 24.3 Å².